The van der Waals surface area contributed by atoms with Gasteiger partial charge >= 0.3 is 6.09 Å². The molecular weight excluding hydrogens is 520 g/mol. The quantitative estimate of drug-likeness (QED) is 0.272. The molecule has 0 unspecified atom stereocenters. The Morgan fingerprint density at radius 3 is 2.31 bits per heavy atom. The van der Waals surface area contributed by atoms with Gasteiger partial charge in [-0.3, -0.25) is 4.90 Å². The average molecular weight is 538 g/mol. The molecule has 0 radical (unpaired) electrons. The molecule has 198 valence electrons. The molecule has 0 aliphatic rings. The number of carbonyl (C=O) groups is 1. The molecule has 0 spiro atoms. The second kappa shape index (κ2) is 9.89. The Bertz CT molecular complexity index is 1720. The summed E-state index contributed by atoms with van der Waals surface area (Å²) in [7, 11) is 0. The van der Waals surface area contributed by atoms with E-state index in [9.17, 15) is 27.5 Å². The zero-order valence-electron chi connectivity index (χ0n) is 19.8. The molecule has 0 bridgehead atoms. The lowest BCUT2D eigenvalue weighted by Crippen LogP contribution is -2.31. The van der Waals surface area contributed by atoms with Crippen molar-refractivity contribution in [1.82, 2.24) is 24.7 Å². The number of amides is 1. The van der Waals surface area contributed by atoms with Crippen molar-refractivity contribution in [1.29, 1.82) is 0 Å². The highest BCUT2D eigenvalue weighted by Gasteiger charge is 2.26. The van der Waals surface area contributed by atoms with Gasteiger partial charge in [-0.2, -0.15) is 19.7 Å². The summed E-state index contributed by atoms with van der Waals surface area (Å²) in [5, 5.41) is 14.2. The van der Waals surface area contributed by atoms with Crippen molar-refractivity contribution >= 4 is 34.4 Å². The van der Waals surface area contributed by atoms with Crippen molar-refractivity contribution in [2.45, 2.75) is 13.0 Å². The zero-order valence-corrected chi connectivity index (χ0v) is 19.8. The average Bonchev–Trinajstić information content (AvgIpc) is 3.22. The molecular formula is C25H18F4N8O2. The number of nitrogens with two attached hydrogens (primary N) is 2. The number of nitrogen functional groups attached to an aromatic ring is 2. The predicted molar refractivity (Wildman–Crippen MR) is 133 cm³/mol. The molecule has 1 amide bonds. The highest BCUT2D eigenvalue weighted by molar-refractivity contribution is 5.94. The Morgan fingerprint density at radius 2 is 1.64 bits per heavy atom. The van der Waals surface area contributed by atoms with Gasteiger partial charge in [-0.15, -0.1) is 0 Å². The molecule has 3 aromatic heterocycles. The maximum atomic E-state index is 14.3. The molecule has 14 heteroatoms. The van der Waals surface area contributed by atoms with Crippen molar-refractivity contribution < 1.29 is 27.5 Å². The number of nitrogens with zero attached hydrogens (tertiary/aromatic N) is 6. The SMILES string of the molecule is Nc1nc(-n2nc(Cc3ccccc3F)c3ncc(F)cc32)nc(N)c1N(Cc1ccc(F)cc1F)C(=O)O. The van der Waals surface area contributed by atoms with E-state index < -0.39 is 47.5 Å². The van der Waals surface area contributed by atoms with Crippen LogP contribution in [0.15, 0.2) is 54.7 Å². The molecule has 0 saturated carbocycles. The fourth-order valence-electron chi connectivity index (χ4n) is 4.04. The number of rotatable bonds is 6. The number of hydrogen-bond donors (Lipinski definition) is 3. The molecule has 5 aromatic rings. The topological polar surface area (TPSA) is 149 Å². The normalized spacial score (nSPS) is 11.2. The third-order valence-corrected chi connectivity index (χ3v) is 5.83. The van der Waals surface area contributed by atoms with Gasteiger partial charge < -0.3 is 16.6 Å². The van der Waals surface area contributed by atoms with Crippen LogP contribution in [0, 0.1) is 23.3 Å². The molecule has 0 aliphatic carbocycles. The van der Waals surface area contributed by atoms with Gasteiger partial charge in [0.05, 0.1) is 24.0 Å². The van der Waals surface area contributed by atoms with Gasteiger partial charge in [0.15, 0.2) is 11.6 Å². The summed E-state index contributed by atoms with van der Waals surface area (Å²) in [6.45, 7) is -0.578. The van der Waals surface area contributed by atoms with E-state index in [2.05, 4.69) is 20.1 Å². The second-order valence-electron chi connectivity index (χ2n) is 8.40. The lowest BCUT2D eigenvalue weighted by molar-refractivity contribution is 0.201. The van der Waals surface area contributed by atoms with Crippen molar-refractivity contribution in [2.75, 3.05) is 16.4 Å². The van der Waals surface area contributed by atoms with Crippen LogP contribution < -0.4 is 16.4 Å². The van der Waals surface area contributed by atoms with Crippen LogP contribution in [-0.2, 0) is 13.0 Å². The zero-order chi connectivity index (χ0) is 27.8. The van der Waals surface area contributed by atoms with E-state index >= 15 is 0 Å². The first-order chi connectivity index (χ1) is 18.6. The van der Waals surface area contributed by atoms with Gasteiger partial charge in [0, 0.05) is 24.1 Å². The maximum Gasteiger partial charge on any atom is 0.412 e. The number of anilines is 3. The minimum atomic E-state index is -1.56. The number of halogens is 4. The molecule has 39 heavy (non-hydrogen) atoms. The molecule has 0 saturated heterocycles. The van der Waals surface area contributed by atoms with Gasteiger partial charge in [0.1, 0.15) is 34.5 Å². The van der Waals surface area contributed by atoms with Gasteiger partial charge in [-0.25, -0.2) is 27.3 Å². The number of carboxylic acid groups (broad SMARTS) is 1. The number of pyridine rings is 1. The third-order valence-electron chi connectivity index (χ3n) is 5.83. The molecule has 0 aliphatic heterocycles. The van der Waals surface area contributed by atoms with Crippen LogP contribution >= 0.6 is 0 Å². The Kier molecular flexibility index (Phi) is 6.44. The van der Waals surface area contributed by atoms with Crippen LogP contribution in [0.3, 0.4) is 0 Å². The monoisotopic (exact) mass is 538 g/mol. The van der Waals surface area contributed by atoms with E-state index in [-0.39, 0.29) is 40.3 Å². The second-order valence-corrected chi connectivity index (χ2v) is 8.40. The van der Waals surface area contributed by atoms with Crippen LogP contribution in [0.5, 0.6) is 0 Å². The lowest BCUT2D eigenvalue weighted by atomic mass is 10.1. The fourth-order valence-corrected chi connectivity index (χ4v) is 4.04. The van der Waals surface area contributed by atoms with Crippen molar-refractivity contribution in [3.63, 3.8) is 0 Å². The number of benzene rings is 2. The van der Waals surface area contributed by atoms with Crippen LogP contribution in [0.25, 0.3) is 17.0 Å². The highest BCUT2D eigenvalue weighted by Crippen LogP contribution is 2.31. The third kappa shape index (κ3) is 4.86. The van der Waals surface area contributed by atoms with Crippen LogP contribution in [0.1, 0.15) is 16.8 Å². The van der Waals surface area contributed by atoms with Gasteiger partial charge in [-0.05, 0) is 17.7 Å². The van der Waals surface area contributed by atoms with Crippen LogP contribution in [-0.4, -0.2) is 35.9 Å². The van der Waals surface area contributed by atoms with Gasteiger partial charge in [0.2, 0.25) is 0 Å². The maximum absolute atomic E-state index is 14.3. The van der Waals surface area contributed by atoms with Crippen molar-refractivity contribution in [3.8, 4) is 5.95 Å². The number of aromatic nitrogens is 5. The van der Waals surface area contributed by atoms with Gasteiger partial charge in [-0.1, -0.05) is 24.3 Å². The predicted octanol–water partition coefficient (Wildman–Crippen LogP) is 4.21. The Hall–Kier alpha value is -5.27. The standard InChI is InChI=1S/C25H18F4N8O2/c26-14-6-5-13(17(29)8-14)11-36(25(38)39)21-22(30)33-24(34-23(21)31)37-19-9-15(27)10-32-20(19)18(35-37)7-12-3-1-2-4-16(12)28/h1-6,8-10H,7,11H2,(H,38,39)(H4,30,31,33,34). The van der Waals surface area contributed by atoms with Crippen LogP contribution in [0.4, 0.5) is 39.7 Å². The minimum Gasteiger partial charge on any atom is -0.465 e. The van der Waals surface area contributed by atoms with E-state index in [1.165, 1.54) is 12.1 Å². The summed E-state index contributed by atoms with van der Waals surface area (Å²) in [5.41, 5.74) is 12.6. The highest BCUT2D eigenvalue weighted by atomic mass is 19.1. The van der Waals surface area contributed by atoms with Crippen molar-refractivity contribution in [3.05, 3.63) is 94.8 Å². The largest absolute Gasteiger partial charge is 0.465 e. The molecule has 5 rings (SSSR count). The van der Waals surface area contributed by atoms with Crippen molar-refractivity contribution in [2.24, 2.45) is 0 Å². The van der Waals surface area contributed by atoms with E-state index in [1.807, 2.05) is 0 Å². The minimum absolute atomic E-state index is 0.00782. The first kappa shape index (κ1) is 25.4. The summed E-state index contributed by atoms with van der Waals surface area (Å²) in [5.74, 6) is -4.05. The van der Waals surface area contributed by atoms with E-state index in [0.29, 0.717) is 16.5 Å². The van der Waals surface area contributed by atoms with E-state index in [1.54, 1.807) is 12.1 Å². The Labute approximate surface area is 217 Å². The Balaban J connectivity index is 1.59. The lowest BCUT2D eigenvalue weighted by Gasteiger charge is -2.22. The first-order valence-corrected chi connectivity index (χ1v) is 11.3. The summed E-state index contributed by atoms with van der Waals surface area (Å²) in [6, 6.07) is 9.82. The molecule has 5 N–H and O–H groups in total. The molecule has 3 heterocycles. The van der Waals surface area contributed by atoms with E-state index in [0.717, 1.165) is 29.1 Å². The molecule has 0 fully saturated rings. The molecule has 0 atom stereocenters. The number of fused-ring (bicyclic) bond motifs is 1. The smallest absolute Gasteiger partial charge is 0.412 e. The summed E-state index contributed by atoms with van der Waals surface area (Å²) >= 11 is 0. The molecule has 10 nitrogen and oxygen atoms in total. The fraction of sp³-hybridized carbons (Fsp3) is 0.0800. The van der Waals surface area contributed by atoms with Crippen LogP contribution in [0.2, 0.25) is 0 Å². The summed E-state index contributed by atoms with van der Waals surface area (Å²) in [4.78, 5) is 24.9. The first-order valence-electron chi connectivity index (χ1n) is 11.3. The number of hydrogen-bond acceptors (Lipinski definition) is 7. The summed E-state index contributed by atoms with van der Waals surface area (Å²) < 4.78 is 57.0. The Morgan fingerprint density at radius 1 is 0.923 bits per heavy atom. The van der Waals surface area contributed by atoms with E-state index in [4.69, 9.17) is 11.5 Å². The molecule has 2 aromatic carbocycles. The summed E-state index contributed by atoms with van der Waals surface area (Å²) in [6.07, 6.45) is -0.574. The van der Waals surface area contributed by atoms with Gasteiger partial charge in [0.25, 0.3) is 5.95 Å².